The van der Waals surface area contributed by atoms with Gasteiger partial charge >= 0.3 is 5.97 Å². The first-order valence-corrected chi connectivity index (χ1v) is 25.0. The maximum absolute atomic E-state index is 13.1. The lowest BCUT2D eigenvalue weighted by molar-refractivity contribution is -0.150. The summed E-state index contributed by atoms with van der Waals surface area (Å²) in [6, 6.07) is -0.763. The fourth-order valence-corrected chi connectivity index (χ4v) is 6.65. The second kappa shape index (κ2) is 49.0. The zero-order valence-corrected chi connectivity index (χ0v) is 40.1. The van der Waals surface area contributed by atoms with Gasteiger partial charge in [-0.15, -0.1) is 0 Å². The van der Waals surface area contributed by atoms with Gasteiger partial charge in [-0.05, 0) is 57.8 Å². The SMILES string of the molecule is CC/C=C\C/C=C\C/C=C\C/C=C\C/C=C\C/C=C\CCC(=O)OC(C/C=C/C=C\C=C/C=C/C=C/CC)CC(=O)NC(CO)C(O)CCCCCCCCCCCCCCCC. The number of unbranched alkanes of at least 4 members (excludes halogenated alkanes) is 13. The summed E-state index contributed by atoms with van der Waals surface area (Å²) in [5.41, 5.74) is 0. The molecule has 3 N–H and O–H groups in total. The van der Waals surface area contributed by atoms with Crippen LogP contribution in [0.3, 0.4) is 0 Å². The molecule has 6 nitrogen and oxygen atoms in total. The molecule has 0 aromatic heterocycles. The summed E-state index contributed by atoms with van der Waals surface area (Å²) in [7, 11) is 0. The third-order valence-electron chi connectivity index (χ3n) is 10.4. The molecule has 0 aromatic rings. The Morgan fingerprint density at radius 3 is 1.38 bits per heavy atom. The van der Waals surface area contributed by atoms with E-state index in [-0.39, 0.29) is 31.3 Å². The first-order chi connectivity index (χ1) is 31.0. The molecule has 6 heteroatoms. The summed E-state index contributed by atoms with van der Waals surface area (Å²) < 4.78 is 5.79. The predicted octanol–water partition coefficient (Wildman–Crippen LogP) is 15.1. The van der Waals surface area contributed by atoms with Crippen molar-refractivity contribution in [3.05, 3.63) is 134 Å². The number of carbonyl (C=O) groups is 2. The normalized spacial score (nSPS) is 14.4. The van der Waals surface area contributed by atoms with Gasteiger partial charge in [0, 0.05) is 12.8 Å². The second-order valence-corrected chi connectivity index (χ2v) is 16.2. The van der Waals surface area contributed by atoms with E-state index in [0.717, 1.165) is 64.2 Å². The minimum Gasteiger partial charge on any atom is -0.461 e. The standard InChI is InChI=1S/C57H91NO5/c1-4-7-10-13-16-19-22-24-26-27-28-29-30-32-35-38-41-44-47-50-57(62)63-53(48-45-42-39-36-33-21-18-15-12-9-6-3)51-56(61)58-54(52-59)55(60)49-46-43-40-37-34-31-25-23-20-17-14-11-8-5-2/h7,9-10,12,15-16,18-19,21,24,26,28-29,32-33,35-36,39,41-42,44-45,53-55,59-60H,4-6,8,11,13-14,17,20,22-23,25,27,30-31,34,37-38,40,43,46-52H2,1-3H3,(H,58,61)/b10-7-,12-9+,18-15+,19-16-,26-24-,29-28-,33-21-,35-32-,39-36-,44-41-,45-42+. The molecule has 0 fully saturated rings. The van der Waals surface area contributed by atoms with Gasteiger partial charge in [0.05, 0.1) is 25.2 Å². The van der Waals surface area contributed by atoms with Crippen LogP contribution in [0.25, 0.3) is 0 Å². The van der Waals surface area contributed by atoms with Crippen molar-refractivity contribution in [2.24, 2.45) is 0 Å². The number of carbonyl (C=O) groups excluding carboxylic acids is 2. The monoisotopic (exact) mass is 870 g/mol. The highest BCUT2D eigenvalue weighted by Crippen LogP contribution is 2.15. The minimum absolute atomic E-state index is 0.0578. The number of hydrogen-bond acceptors (Lipinski definition) is 5. The number of nitrogens with one attached hydrogen (secondary N) is 1. The van der Waals surface area contributed by atoms with Crippen LogP contribution in [0.1, 0.15) is 188 Å². The number of ether oxygens (including phenoxy) is 1. The predicted molar refractivity (Wildman–Crippen MR) is 273 cm³/mol. The first kappa shape index (κ1) is 59.0. The molecule has 0 aliphatic rings. The van der Waals surface area contributed by atoms with Gasteiger partial charge in [-0.1, -0.05) is 244 Å². The van der Waals surface area contributed by atoms with Crippen molar-refractivity contribution >= 4 is 11.9 Å². The van der Waals surface area contributed by atoms with Crippen LogP contribution >= 0.6 is 0 Å². The maximum Gasteiger partial charge on any atom is 0.306 e. The van der Waals surface area contributed by atoms with Crippen molar-refractivity contribution in [3.63, 3.8) is 0 Å². The Kier molecular flexibility index (Phi) is 45.9. The molecule has 0 spiro atoms. The van der Waals surface area contributed by atoms with Crippen molar-refractivity contribution in [1.82, 2.24) is 5.32 Å². The molecule has 0 radical (unpaired) electrons. The molecule has 1 amide bonds. The van der Waals surface area contributed by atoms with E-state index in [0.29, 0.717) is 19.3 Å². The van der Waals surface area contributed by atoms with Gasteiger partial charge in [-0.25, -0.2) is 0 Å². The molecule has 3 atom stereocenters. The molecule has 3 unspecified atom stereocenters. The molecule has 0 aliphatic heterocycles. The molecule has 0 saturated carbocycles. The van der Waals surface area contributed by atoms with Crippen LogP contribution in [0.4, 0.5) is 0 Å². The number of allylic oxidation sites excluding steroid dienone is 21. The molecule has 354 valence electrons. The molecular formula is C57H91NO5. The van der Waals surface area contributed by atoms with E-state index in [1.165, 1.54) is 70.6 Å². The van der Waals surface area contributed by atoms with E-state index in [1.807, 2.05) is 66.8 Å². The summed E-state index contributed by atoms with van der Waals surface area (Å²) in [6.45, 7) is 6.15. The highest BCUT2D eigenvalue weighted by atomic mass is 16.5. The molecule has 0 bridgehead atoms. The summed E-state index contributed by atoms with van der Waals surface area (Å²) in [6.07, 6.45) is 69.7. The van der Waals surface area contributed by atoms with Crippen molar-refractivity contribution < 1.29 is 24.5 Å². The molecule has 63 heavy (non-hydrogen) atoms. The molecule has 0 saturated heterocycles. The van der Waals surface area contributed by atoms with Gasteiger partial charge < -0.3 is 20.3 Å². The largest absolute Gasteiger partial charge is 0.461 e. The third kappa shape index (κ3) is 44.4. The Morgan fingerprint density at radius 1 is 0.508 bits per heavy atom. The minimum atomic E-state index is -0.839. The number of esters is 1. The molecule has 0 aliphatic carbocycles. The maximum atomic E-state index is 13.1. The topological polar surface area (TPSA) is 95.9 Å². The van der Waals surface area contributed by atoms with Crippen molar-refractivity contribution in [2.75, 3.05) is 6.61 Å². The Morgan fingerprint density at radius 2 is 0.921 bits per heavy atom. The fourth-order valence-electron chi connectivity index (χ4n) is 6.65. The van der Waals surface area contributed by atoms with Crippen LogP contribution < -0.4 is 5.32 Å². The van der Waals surface area contributed by atoms with Gasteiger partial charge in [0.15, 0.2) is 0 Å². The number of amides is 1. The number of hydrogen-bond donors (Lipinski definition) is 3. The fraction of sp³-hybridized carbons (Fsp3) is 0.579. The average molecular weight is 870 g/mol. The van der Waals surface area contributed by atoms with E-state index < -0.39 is 18.2 Å². The highest BCUT2D eigenvalue weighted by Gasteiger charge is 2.23. The zero-order chi connectivity index (χ0) is 45.9. The van der Waals surface area contributed by atoms with Gasteiger partial charge in [-0.2, -0.15) is 0 Å². The lowest BCUT2D eigenvalue weighted by atomic mass is 10.0. The Labute approximate surface area is 386 Å². The molecular weight excluding hydrogens is 779 g/mol. The van der Waals surface area contributed by atoms with Gasteiger partial charge in [0.25, 0.3) is 0 Å². The summed E-state index contributed by atoms with van der Waals surface area (Å²) >= 11 is 0. The van der Waals surface area contributed by atoms with Crippen molar-refractivity contribution in [1.29, 1.82) is 0 Å². The lowest BCUT2D eigenvalue weighted by Gasteiger charge is -2.24. The van der Waals surface area contributed by atoms with E-state index >= 15 is 0 Å². The van der Waals surface area contributed by atoms with Crippen molar-refractivity contribution in [2.45, 2.75) is 206 Å². The molecule has 0 heterocycles. The van der Waals surface area contributed by atoms with E-state index in [2.05, 4.69) is 92.9 Å². The van der Waals surface area contributed by atoms with E-state index in [1.54, 1.807) is 0 Å². The van der Waals surface area contributed by atoms with Crippen LogP contribution in [0.2, 0.25) is 0 Å². The quantitative estimate of drug-likeness (QED) is 0.0246. The van der Waals surface area contributed by atoms with Gasteiger partial charge in [0.1, 0.15) is 6.10 Å². The number of rotatable bonds is 42. The van der Waals surface area contributed by atoms with Crippen LogP contribution in [0.15, 0.2) is 134 Å². The summed E-state index contributed by atoms with van der Waals surface area (Å²) in [5, 5.41) is 23.7. The van der Waals surface area contributed by atoms with Crippen LogP contribution in [-0.4, -0.2) is 46.9 Å². The third-order valence-corrected chi connectivity index (χ3v) is 10.4. The summed E-state index contributed by atoms with van der Waals surface area (Å²) in [4.78, 5) is 26.0. The van der Waals surface area contributed by atoms with Gasteiger partial charge in [0.2, 0.25) is 5.91 Å². The Balaban J connectivity index is 4.78. The molecule has 0 rings (SSSR count). The van der Waals surface area contributed by atoms with E-state index in [9.17, 15) is 19.8 Å². The van der Waals surface area contributed by atoms with E-state index in [4.69, 9.17) is 4.74 Å². The molecule has 0 aromatic carbocycles. The summed E-state index contributed by atoms with van der Waals surface area (Å²) in [5.74, 6) is -0.723. The van der Waals surface area contributed by atoms with Crippen LogP contribution in [0.5, 0.6) is 0 Å². The van der Waals surface area contributed by atoms with Crippen molar-refractivity contribution in [3.8, 4) is 0 Å². The number of aliphatic hydroxyl groups excluding tert-OH is 2. The zero-order valence-electron chi connectivity index (χ0n) is 40.1. The van der Waals surface area contributed by atoms with Crippen LogP contribution in [0, 0.1) is 0 Å². The second-order valence-electron chi connectivity index (χ2n) is 16.2. The smallest absolute Gasteiger partial charge is 0.306 e. The highest BCUT2D eigenvalue weighted by molar-refractivity contribution is 5.77. The first-order valence-electron chi connectivity index (χ1n) is 25.0. The Bertz CT molecular complexity index is 1390. The Hall–Kier alpha value is -4.00. The average Bonchev–Trinajstić information content (AvgIpc) is 3.28. The van der Waals surface area contributed by atoms with Crippen LogP contribution in [-0.2, 0) is 14.3 Å². The number of aliphatic hydroxyl groups is 2. The van der Waals surface area contributed by atoms with Gasteiger partial charge in [-0.3, -0.25) is 9.59 Å². The lowest BCUT2D eigenvalue weighted by Crippen LogP contribution is -2.46.